The number of H-pyrrole nitrogens is 1. The second-order valence-electron chi connectivity index (χ2n) is 8.10. The number of aromatic nitrogens is 1. The fourth-order valence-corrected chi connectivity index (χ4v) is 5.03. The molecular formula is C21H22N4O3. The molecule has 2 aromatic rings. The van der Waals surface area contributed by atoms with Gasteiger partial charge in [-0.1, -0.05) is 12.1 Å². The molecule has 0 aliphatic carbocycles. The Balaban J connectivity index is 1.44. The number of nitrogens with zero attached hydrogens (tertiary/aromatic N) is 1. The average molecular weight is 378 g/mol. The van der Waals surface area contributed by atoms with Crippen molar-refractivity contribution in [1.82, 2.24) is 15.2 Å². The summed E-state index contributed by atoms with van der Waals surface area (Å²) in [6.07, 6.45) is 3.00. The molecular weight excluding hydrogens is 356 g/mol. The Morgan fingerprint density at radius 1 is 1.04 bits per heavy atom. The average Bonchev–Trinajstić information content (AvgIpc) is 2.93. The summed E-state index contributed by atoms with van der Waals surface area (Å²) in [6, 6.07) is 10.8. The first-order valence-electron chi connectivity index (χ1n) is 9.68. The molecule has 4 heterocycles. The molecule has 2 saturated heterocycles. The van der Waals surface area contributed by atoms with Gasteiger partial charge in [0.05, 0.1) is 5.56 Å². The first kappa shape index (κ1) is 17.0. The van der Waals surface area contributed by atoms with E-state index in [2.05, 4.69) is 15.6 Å². The molecule has 0 radical (unpaired) electrons. The van der Waals surface area contributed by atoms with Gasteiger partial charge in [-0.25, -0.2) is 0 Å². The quantitative estimate of drug-likeness (QED) is 0.707. The normalized spacial score (nSPS) is 27.9. The maximum Gasteiger partial charge on any atom is 0.260 e. The van der Waals surface area contributed by atoms with Crippen LogP contribution in [-0.4, -0.2) is 39.4 Å². The second-order valence-corrected chi connectivity index (χ2v) is 8.10. The van der Waals surface area contributed by atoms with Crippen molar-refractivity contribution in [3.63, 3.8) is 0 Å². The van der Waals surface area contributed by atoms with Crippen LogP contribution in [0.2, 0.25) is 0 Å². The van der Waals surface area contributed by atoms with E-state index in [1.807, 2.05) is 29.2 Å². The molecule has 5 rings (SSSR count). The highest BCUT2D eigenvalue weighted by atomic mass is 16.2. The smallest absolute Gasteiger partial charge is 0.260 e. The molecule has 2 fully saturated rings. The number of carbonyl (C=O) groups is 2. The van der Waals surface area contributed by atoms with E-state index < -0.39 is 5.66 Å². The fraction of sp³-hybridized carbons (Fsp3) is 0.381. The minimum atomic E-state index is -0.548. The van der Waals surface area contributed by atoms with Crippen LogP contribution in [0.25, 0.3) is 0 Å². The van der Waals surface area contributed by atoms with Gasteiger partial charge in [-0.3, -0.25) is 14.4 Å². The molecule has 7 heteroatoms. The van der Waals surface area contributed by atoms with E-state index in [0.717, 1.165) is 24.2 Å². The third-order valence-corrected chi connectivity index (χ3v) is 6.21. The summed E-state index contributed by atoms with van der Waals surface area (Å²) in [4.78, 5) is 42.6. The highest BCUT2D eigenvalue weighted by Gasteiger charge is 2.52. The van der Waals surface area contributed by atoms with Crippen LogP contribution in [0.5, 0.6) is 0 Å². The molecule has 2 amide bonds. The molecule has 28 heavy (non-hydrogen) atoms. The van der Waals surface area contributed by atoms with Crippen molar-refractivity contribution in [3.05, 3.63) is 63.6 Å². The zero-order valence-electron chi connectivity index (χ0n) is 15.6. The van der Waals surface area contributed by atoms with Crippen LogP contribution in [0, 0.1) is 6.92 Å². The number of piperidine rings is 1. The number of hydrogen-bond donors (Lipinski definition) is 3. The Hall–Kier alpha value is -3.09. The summed E-state index contributed by atoms with van der Waals surface area (Å²) in [6.45, 7) is 1.79. The zero-order valence-corrected chi connectivity index (χ0v) is 15.6. The SMILES string of the molecule is Cc1ccc(C(=O)N2C3CCC2CC2(C3)NC(=O)c3ccccc3N2)c(=O)[nH]1. The Labute approximate surface area is 162 Å². The Kier molecular flexibility index (Phi) is 3.62. The third-order valence-electron chi connectivity index (χ3n) is 6.21. The Morgan fingerprint density at radius 3 is 2.46 bits per heavy atom. The molecule has 1 aromatic carbocycles. The van der Waals surface area contributed by atoms with Crippen LogP contribution in [0.3, 0.4) is 0 Å². The number of rotatable bonds is 1. The minimum Gasteiger partial charge on any atom is -0.362 e. The van der Waals surface area contributed by atoms with Gasteiger partial charge in [0.1, 0.15) is 11.2 Å². The molecule has 3 aliphatic rings. The van der Waals surface area contributed by atoms with Gasteiger partial charge in [-0.05, 0) is 44.0 Å². The number of amides is 2. The lowest BCUT2D eigenvalue weighted by Gasteiger charge is -2.49. The van der Waals surface area contributed by atoms with Gasteiger partial charge < -0.3 is 20.5 Å². The molecule has 0 saturated carbocycles. The van der Waals surface area contributed by atoms with E-state index in [4.69, 9.17) is 0 Å². The second kappa shape index (κ2) is 5.95. The first-order valence-corrected chi connectivity index (χ1v) is 9.68. The zero-order chi connectivity index (χ0) is 19.5. The molecule has 144 valence electrons. The number of pyridine rings is 1. The van der Waals surface area contributed by atoms with Crippen molar-refractivity contribution >= 4 is 17.5 Å². The van der Waals surface area contributed by atoms with Gasteiger partial charge in [0.15, 0.2) is 0 Å². The monoisotopic (exact) mass is 378 g/mol. The molecule has 1 aromatic heterocycles. The predicted octanol–water partition coefficient (Wildman–Crippen LogP) is 2.00. The molecule has 3 aliphatic heterocycles. The number of carbonyl (C=O) groups excluding carboxylic acids is 2. The summed E-state index contributed by atoms with van der Waals surface area (Å²) < 4.78 is 0. The molecule has 1 spiro atoms. The fourth-order valence-electron chi connectivity index (χ4n) is 5.03. The van der Waals surface area contributed by atoms with Gasteiger partial charge in [0.2, 0.25) is 0 Å². The van der Waals surface area contributed by atoms with Crippen molar-refractivity contribution in [2.45, 2.75) is 50.4 Å². The molecule has 3 N–H and O–H groups in total. The lowest BCUT2D eigenvalue weighted by Crippen LogP contribution is -2.65. The molecule has 2 unspecified atom stereocenters. The standard InChI is InChI=1S/C21H22N4O3/c1-12-6-9-16(18(26)22-12)20(28)25-13-7-8-14(25)11-21(10-13)23-17-5-3-2-4-15(17)19(27)24-21/h2-6,9,13-14,23H,7-8,10-11H2,1H3,(H,22,26)(H,24,27). The minimum absolute atomic E-state index is 0.00925. The number of benzene rings is 1. The van der Waals surface area contributed by atoms with Crippen molar-refractivity contribution in [3.8, 4) is 0 Å². The predicted molar refractivity (Wildman–Crippen MR) is 104 cm³/mol. The highest BCUT2D eigenvalue weighted by molar-refractivity contribution is 6.02. The van der Waals surface area contributed by atoms with Gasteiger partial charge in [0, 0.05) is 36.3 Å². The van der Waals surface area contributed by atoms with Crippen molar-refractivity contribution in [2.75, 3.05) is 5.32 Å². The molecule has 7 nitrogen and oxygen atoms in total. The lowest BCUT2D eigenvalue weighted by molar-refractivity contribution is 0.0449. The van der Waals surface area contributed by atoms with Crippen LogP contribution in [0.1, 0.15) is 52.1 Å². The van der Waals surface area contributed by atoms with E-state index in [-0.39, 0.29) is 35.0 Å². The van der Waals surface area contributed by atoms with E-state index in [9.17, 15) is 14.4 Å². The van der Waals surface area contributed by atoms with Crippen LogP contribution < -0.4 is 16.2 Å². The van der Waals surface area contributed by atoms with Crippen molar-refractivity contribution in [2.24, 2.45) is 0 Å². The first-order chi connectivity index (χ1) is 13.5. The van der Waals surface area contributed by atoms with Crippen LogP contribution in [-0.2, 0) is 0 Å². The summed E-state index contributed by atoms with van der Waals surface area (Å²) >= 11 is 0. The third kappa shape index (κ3) is 2.53. The Morgan fingerprint density at radius 2 is 1.75 bits per heavy atom. The number of para-hydroxylation sites is 1. The van der Waals surface area contributed by atoms with E-state index in [1.54, 1.807) is 19.1 Å². The highest BCUT2D eigenvalue weighted by Crippen LogP contribution is 2.43. The maximum atomic E-state index is 13.1. The van der Waals surface area contributed by atoms with Crippen molar-refractivity contribution in [1.29, 1.82) is 0 Å². The van der Waals surface area contributed by atoms with Gasteiger partial charge in [-0.2, -0.15) is 0 Å². The lowest BCUT2D eigenvalue weighted by atomic mass is 9.87. The van der Waals surface area contributed by atoms with E-state index in [1.165, 1.54) is 0 Å². The summed E-state index contributed by atoms with van der Waals surface area (Å²) in [7, 11) is 0. The summed E-state index contributed by atoms with van der Waals surface area (Å²) in [5.74, 6) is -0.297. The van der Waals surface area contributed by atoms with Gasteiger partial charge in [-0.15, -0.1) is 0 Å². The summed E-state index contributed by atoms with van der Waals surface area (Å²) in [5.41, 5.74) is 1.50. The molecule has 2 bridgehead atoms. The largest absolute Gasteiger partial charge is 0.362 e. The van der Waals surface area contributed by atoms with Crippen LogP contribution >= 0.6 is 0 Å². The van der Waals surface area contributed by atoms with Gasteiger partial charge in [0.25, 0.3) is 17.4 Å². The van der Waals surface area contributed by atoms with Crippen molar-refractivity contribution < 1.29 is 9.59 Å². The number of aryl methyl sites for hydroxylation is 1. The molecule has 2 atom stereocenters. The number of aromatic amines is 1. The van der Waals surface area contributed by atoms with E-state index >= 15 is 0 Å². The number of hydrogen-bond acceptors (Lipinski definition) is 4. The maximum absolute atomic E-state index is 13.1. The summed E-state index contributed by atoms with van der Waals surface area (Å²) in [5, 5.41) is 6.67. The Bertz CT molecular complexity index is 1030. The van der Waals surface area contributed by atoms with Crippen LogP contribution in [0.4, 0.5) is 5.69 Å². The van der Waals surface area contributed by atoms with E-state index in [0.29, 0.717) is 18.4 Å². The number of nitrogens with one attached hydrogen (secondary N) is 3. The number of fused-ring (bicyclic) bond motifs is 3. The van der Waals surface area contributed by atoms with Crippen LogP contribution in [0.15, 0.2) is 41.2 Å². The van der Waals surface area contributed by atoms with Gasteiger partial charge >= 0.3 is 0 Å². The number of anilines is 1. The topological polar surface area (TPSA) is 94.3 Å².